The highest BCUT2D eigenvalue weighted by Gasteiger charge is 2.26. The Morgan fingerprint density at radius 1 is 0.724 bits per heavy atom. The number of hydrogen-bond acceptors (Lipinski definition) is 2. The molecule has 0 fully saturated rings. The smallest absolute Gasteiger partial charge is 0.119 e. The molecule has 0 saturated heterocycles. The van der Waals surface area contributed by atoms with Crippen LogP contribution in [-0.4, -0.2) is 10.2 Å². The number of aromatic hydroxyl groups is 2. The molecule has 0 aromatic heterocycles. The Kier molecular flexibility index (Phi) is 6.47. The molecule has 2 aromatic carbocycles. The summed E-state index contributed by atoms with van der Waals surface area (Å²) in [7, 11) is 0. The number of phenols is 2. The second-order valence-corrected chi connectivity index (χ2v) is 11.1. The van der Waals surface area contributed by atoms with Crippen LogP contribution in [0.15, 0.2) is 24.3 Å². The molecule has 0 radical (unpaired) electrons. The molecule has 2 heteroatoms. The van der Waals surface area contributed by atoms with Gasteiger partial charge in [0, 0.05) is 0 Å². The number of aryl methyl sites for hydroxylation is 2. The van der Waals surface area contributed by atoms with E-state index in [0.29, 0.717) is 23.3 Å². The molecule has 0 spiro atoms. The molecule has 0 aliphatic heterocycles. The van der Waals surface area contributed by atoms with E-state index in [1.54, 1.807) is 0 Å². The third kappa shape index (κ3) is 5.15. The van der Waals surface area contributed by atoms with Crippen molar-refractivity contribution in [2.45, 2.75) is 92.4 Å². The van der Waals surface area contributed by atoms with Crippen molar-refractivity contribution in [2.24, 2.45) is 5.92 Å². The van der Waals surface area contributed by atoms with Crippen molar-refractivity contribution in [1.29, 1.82) is 0 Å². The lowest BCUT2D eigenvalue weighted by atomic mass is 9.76. The minimum Gasteiger partial charge on any atom is -0.508 e. The van der Waals surface area contributed by atoms with E-state index in [9.17, 15) is 10.2 Å². The Bertz CT molecular complexity index is 877. The van der Waals surface area contributed by atoms with Gasteiger partial charge in [-0.25, -0.2) is 0 Å². The maximum Gasteiger partial charge on any atom is 0.119 e. The van der Waals surface area contributed by atoms with E-state index in [4.69, 9.17) is 0 Å². The van der Waals surface area contributed by atoms with Crippen LogP contribution in [0, 0.1) is 19.8 Å². The van der Waals surface area contributed by atoms with E-state index in [2.05, 4.69) is 81.4 Å². The van der Waals surface area contributed by atoms with E-state index in [1.165, 1.54) is 11.1 Å². The lowest BCUT2D eigenvalue weighted by molar-refractivity contribution is 0.439. The molecule has 2 rings (SSSR count). The van der Waals surface area contributed by atoms with Gasteiger partial charge in [-0.2, -0.15) is 0 Å². The minimum atomic E-state index is -0.109. The summed E-state index contributed by atoms with van der Waals surface area (Å²) in [6.45, 7) is 21.6. The fourth-order valence-electron chi connectivity index (χ4n) is 4.21. The van der Waals surface area contributed by atoms with Crippen LogP contribution in [-0.2, 0) is 17.3 Å². The Labute approximate surface area is 178 Å². The molecule has 0 heterocycles. The van der Waals surface area contributed by atoms with E-state index >= 15 is 0 Å². The van der Waals surface area contributed by atoms with Crippen LogP contribution in [0.2, 0.25) is 0 Å². The Morgan fingerprint density at radius 2 is 1.17 bits per heavy atom. The summed E-state index contributed by atoms with van der Waals surface area (Å²) in [4.78, 5) is 0. The van der Waals surface area contributed by atoms with E-state index in [1.807, 2.05) is 12.1 Å². The molecule has 1 atom stereocenters. The number of rotatable bonds is 4. The number of phenolic OH excluding ortho intramolecular Hbond substituents is 2. The van der Waals surface area contributed by atoms with E-state index in [-0.39, 0.29) is 10.8 Å². The summed E-state index contributed by atoms with van der Waals surface area (Å²) < 4.78 is 0. The van der Waals surface area contributed by atoms with Crippen LogP contribution in [0.25, 0.3) is 0 Å². The van der Waals surface area contributed by atoms with Crippen molar-refractivity contribution >= 4 is 0 Å². The van der Waals surface area contributed by atoms with Crippen LogP contribution in [0.4, 0.5) is 0 Å². The molecule has 29 heavy (non-hydrogen) atoms. The third-order valence-electron chi connectivity index (χ3n) is 6.10. The first kappa shape index (κ1) is 23.3. The normalized spacial score (nSPS) is 13.8. The second kappa shape index (κ2) is 8.05. The van der Waals surface area contributed by atoms with Crippen LogP contribution >= 0.6 is 0 Å². The Hall–Kier alpha value is -1.96. The third-order valence-corrected chi connectivity index (χ3v) is 6.10. The van der Waals surface area contributed by atoms with Gasteiger partial charge >= 0.3 is 0 Å². The van der Waals surface area contributed by atoms with Gasteiger partial charge in [-0.3, -0.25) is 0 Å². The summed E-state index contributed by atoms with van der Waals surface area (Å²) >= 11 is 0. The molecule has 2 aromatic rings. The van der Waals surface area contributed by atoms with Crippen LogP contribution in [0.1, 0.15) is 94.7 Å². The SMILES string of the molecule is Cc1cc(O)c(C(C)(C)C)cc1CC(c1cc(C(C)(C)C)c(O)cc1C)C(C)C. The lowest BCUT2D eigenvalue weighted by Crippen LogP contribution is -2.17. The number of hydrogen-bond donors (Lipinski definition) is 2. The van der Waals surface area contributed by atoms with Gasteiger partial charge < -0.3 is 10.2 Å². The van der Waals surface area contributed by atoms with Crippen molar-refractivity contribution in [3.05, 3.63) is 57.6 Å². The highest BCUT2D eigenvalue weighted by molar-refractivity contribution is 5.48. The predicted octanol–water partition coefficient (Wildman–Crippen LogP) is 7.29. The first-order valence-corrected chi connectivity index (χ1v) is 10.8. The highest BCUT2D eigenvalue weighted by atomic mass is 16.3. The van der Waals surface area contributed by atoms with Gasteiger partial charge in [-0.15, -0.1) is 0 Å². The average Bonchev–Trinajstić information content (AvgIpc) is 2.52. The summed E-state index contributed by atoms with van der Waals surface area (Å²) in [6, 6.07) is 8.25. The molecule has 0 saturated carbocycles. The standard InChI is InChI=1S/C27H40O2/c1-16(2)20(21-15-23(27(8,9)10)25(29)12-18(21)4)13-19-14-22(26(5,6)7)24(28)11-17(19)3/h11-12,14-16,20,28-29H,13H2,1-10H3. The molecular formula is C27H40O2. The van der Waals surface area contributed by atoms with Gasteiger partial charge in [0.15, 0.2) is 0 Å². The fraction of sp³-hybridized carbons (Fsp3) is 0.556. The van der Waals surface area contributed by atoms with E-state index < -0.39 is 0 Å². The van der Waals surface area contributed by atoms with Gasteiger partial charge in [0.2, 0.25) is 0 Å². The van der Waals surface area contributed by atoms with Gasteiger partial charge in [-0.05, 0) is 88.4 Å². The van der Waals surface area contributed by atoms with Gasteiger partial charge in [0.25, 0.3) is 0 Å². The molecule has 0 aliphatic rings. The maximum atomic E-state index is 10.5. The van der Waals surface area contributed by atoms with E-state index in [0.717, 1.165) is 28.7 Å². The first-order chi connectivity index (χ1) is 13.1. The second-order valence-electron chi connectivity index (χ2n) is 11.1. The molecule has 1 unspecified atom stereocenters. The maximum absolute atomic E-state index is 10.5. The molecule has 0 aliphatic carbocycles. The lowest BCUT2D eigenvalue weighted by Gasteiger charge is -2.29. The van der Waals surface area contributed by atoms with Gasteiger partial charge in [0.05, 0.1) is 0 Å². The van der Waals surface area contributed by atoms with Crippen molar-refractivity contribution < 1.29 is 10.2 Å². The zero-order valence-electron chi connectivity index (χ0n) is 20.1. The van der Waals surface area contributed by atoms with Crippen LogP contribution in [0.3, 0.4) is 0 Å². The molecule has 2 nitrogen and oxygen atoms in total. The summed E-state index contributed by atoms with van der Waals surface area (Å²) in [5.74, 6) is 1.57. The Morgan fingerprint density at radius 3 is 1.62 bits per heavy atom. The quantitative estimate of drug-likeness (QED) is 0.569. The largest absolute Gasteiger partial charge is 0.508 e. The van der Waals surface area contributed by atoms with Crippen molar-refractivity contribution in [3.63, 3.8) is 0 Å². The van der Waals surface area contributed by atoms with Crippen molar-refractivity contribution in [1.82, 2.24) is 0 Å². The predicted molar refractivity (Wildman–Crippen MR) is 124 cm³/mol. The average molecular weight is 397 g/mol. The van der Waals surface area contributed by atoms with Crippen molar-refractivity contribution in [3.8, 4) is 11.5 Å². The summed E-state index contributed by atoms with van der Waals surface area (Å²) in [5, 5.41) is 21.0. The van der Waals surface area contributed by atoms with Crippen LogP contribution < -0.4 is 0 Å². The monoisotopic (exact) mass is 396 g/mol. The summed E-state index contributed by atoms with van der Waals surface area (Å²) in [6.07, 6.45) is 0.919. The Balaban J connectivity index is 2.58. The zero-order chi connectivity index (χ0) is 22.3. The molecule has 160 valence electrons. The van der Waals surface area contributed by atoms with Gasteiger partial charge in [0.1, 0.15) is 11.5 Å². The van der Waals surface area contributed by atoms with Gasteiger partial charge in [-0.1, -0.05) is 67.5 Å². The molecule has 2 N–H and O–H groups in total. The summed E-state index contributed by atoms with van der Waals surface area (Å²) in [5.41, 5.74) is 6.66. The number of benzene rings is 2. The molecule has 0 bridgehead atoms. The highest BCUT2D eigenvalue weighted by Crippen LogP contribution is 2.40. The van der Waals surface area contributed by atoms with Crippen LogP contribution in [0.5, 0.6) is 11.5 Å². The molecular weight excluding hydrogens is 356 g/mol. The zero-order valence-corrected chi connectivity index (χ0v) is 20.1. The fourth-order valence-corrected chi connectivity index (χ4v) is 4.21. The van der Waals surface area contributed by atoms with Crippen molar-refractivity contribution in [2.75, 3.05) is 0 Å². The first-order valence-electron chi connectivity index (χ1n) is 10.8. The molecule has 0 amide bonds. The topological polar surface area (TPSA) is 40.5 Å². The minimum absolute atomic E-state index is 0.103.